The Balaban J connectivity index is 2.06. The third-order valence-corrected chi connectivity index (χ3v) is 3.55. The van der Waals surface area contributed by atoms with Crippen molar-refractivity contribution < 1.29 is 17.9 Å². The fourth-order valence-electron chi connectivity index (χ4n) is 2.42. The second-order valence-electron chi connectivity index (χ2n) is 5.20. The molecule has 0 saturated carbocycles. The van der Waals surface area contributed by atoms with E-state index in [1.807, 2.05) is 0 Å². The van der Waals surface area contributed by atoms with E-state index in [-0.39, 0.29) is 5.54 Å². The molecule has 1 saturated heterocycles. The second kappa shape index (κ2) is 5.51. The molecule has 1 unspecified atom stereocenters. The first-order valence-electron chi connectivity index (χ1n) is 6.42. The predicted octanol–water partition coefficient (Wildman–Crippen LogP) is 3.15. The molecule has 2 nitrogen and oxygen atoms in total. The van der Waals surface area contributed by atoms with Crippen molar-refractivity contribution in [1.29, 1.82) is 0 Å². The Labute approximate surface area is 110 Å². The highest BCUT2D eigenvalue weighted by Gasteiger charge is 2.31. The van der Waals surface area contributed by atoms with Gasteiger partial charge in [0, 0.05) is 18.8 Å². The van der Waals surface area contributed by atoms with Gasteiger partial charge in [-0.05, 0) is 43.4 Å². The highest BCUT2D eigenvalue weighted by molar-refractivity contribution is 5.26. The summed E-state index contributed by atoms with van der Waals surface area (Å²) in [6.07, 6.45) is -1.21. The van der Waals surface area contributed by atoms with Crippen molar-refractivity contribution in [1.82, 2.24) is 0 Å². The molecule has 1 aliphatic heterocycles. The Morgan fingerprint density at radius 1 is 1.11 bits per heavy atom. The van der Waals surface area contributed by atoms with Gasteiger partial charge in [-0.2, -0.15) is 13.2 Å². The average molecular weight is 273 g/mol. The molecule has 0 aliphatic carbocycles. The fraction of sp³-hybridized carbons (Fsp3) is 0.571. The number of hydrogen-bond donors (Lipinski definition) is 1. The van der Waals surface area contributed by atoms with E-state index in [0.717, 1.165) is 37.0 Å². The van der Waals surface area contributed by atoms with E-state index in [4.69, 9.17) is 10.5 Å². The molecule has 1 atom stereocenters. The summed E-state index contributed by atoms with van der Waals surface area (Å²) >= 11 is 0. The first-order chi connectivity index (χ1) is 8.89. The second-order valence-corrected chi connectivity index (χ2v) is 5.20. The van der Waals surface area contributed by atoms with Gasteiger partial charge in [0.15, 0.2) is 0 Å². The zero-order valence-electron chi connectivity index (χ0n) is 10.7. The number of alkyl halides is 3. The van der Waals surface area contributed by atoms with Gasteiger partial charge in [0.1, 0.15) is 0 Å². The van der Waals surface area contributed by atoms with Gasteiger partial charge in [0.2, 0.25) is 0 Å². The predicted molar refractivity (Wildman–Crippen MR) is 66.7 cm³/mol. The summed E-state index contributed by atoms with van der Waals surface area (Å²) in [6.45, 7) is 1.34. The van der Waals surface area contributed by atoms with Crippen molar-refractivity contribution >= 4 is 0 Å². The Bertz CT molecular complexity index is 406. The SMILES string of the molecule is NC1(Cc2ccc(C(F)(F)F)cc2)CCCOCC1. The largest absolute Gasteiger partial charge is 0.416 e. The summed E-state index contributed by atoms with van der Waals surface area (Å²) in [5.74, 6) is 0. The molecule has 5 heteroatoms. The van der Waals surface area contributed by atoms with Gasteiger partial charge in [-0.25, -0.2) is 0 Å². The summed E-state index contributed by atoms with van der Waals surface area (Å²) in [5.41, 5.74) is 6.17. The number of ether oxygens (including phenoxy) is 1. The first kappa shape index (κ1) is 14.3. The maximum atomic E-state index is 12.5. The third-order valence-electron chi connectivity index (χ3n) is 3.55. The maximum absolute atomic E-state index is 12.5. The molecule has 1 fully saturated rings. The lowest BCUT2D eigenvalue weighted by Gasteiger charge is -2.27. The van der Waals surface area contributed by atoms with Crippen LogP contribution in [0.2, 0.25) is 0 Å². The van der Waals surface area contributed by atoms with Gasteiger partial charge in [-0.1, -0.05) is 12.1 Å². The minimum absolute atomic E-state index is 0.365. The molecular weight excluding hydrogens is 255 g/mol. The van der Waals surface area contributed by atoms with Crippen LogP contribution in [0.15, 0.2) is 24.3 Å². The van der Waals surface area contributed by atoms with Crippen LogP contribution in [0, 0.1) is 0 Å². The van der Waals surface area contributed by atoms with E-state index in [1.54, 1.807) is 0 Å². The van der Waals surface area contributed by atoms with E-state index < -0.39 is 11.7 Å². The molecule has 0 amide bonds. The molecule has 0 bridgehead atoms. The zero-order chi connectivity index (χ0) is 13.9. The van der Waals surface area contributed by atoms with E-state index in [0.29, 0.717) is 19.6 Å². The lowest BCUT2D eigenvalue weighted by Crippen LogP contribution is -2.42. The van der Waals surface area contributed by atoms with Gasteiger partial charge in [-0.15, -0.1) is 0 Å². The van der Waals surface area contributed by atoms with Crippen LogP contribution in [0.3, 0.4) is 0 Å². The van der Waals surface area contributed by atoms with Crippen LogP contribution < -0.4 is 5.73 Å². The van der Waals surface area contributed by atoms with E-state index >= 15 is 0 Å². The topological polar surface area (TPSA) is 35.2 Å². The fourth-order valence-corrected chi connectivity index (χ4v) is 2.42. The van der Waals surface area contributed by atoms with Crippen LogP contribution in [0.4, 0.5) is 13.2 Å². The van der Waals surface area contributed by atoms with E-state index in [1.165, 1.54) is 12.1 Å². The smallest absolute Gasteiger partial charge is 0.381 e. The van der Waals surface area contributed by atoms with E-state index in [2.05, 4.69) is 0 Å². The van der Waals surface area contributed by atoms with Gasteiger partial charge in [0.05, 0.1) is 5.56 Å². The normalized spacial score (nSPS) is 25.1. The number of hydrogen-bond acceptors (Lipinski definition) is 2. The first-order valence-corrected chi connectivity index (χ1v) is 6.42. The summed E-state index contributed by atoms with van der Waals surface area (Å²) < 4.78 is 42.8. The number of nitrogens with two attached hydrogens (primary N) is 1. The van der Waals surface area contributed by atoms with Crippen LogP contribution in [0.25, 0.3) is 0 Å². The Hall–Kier alpha value is -1.07. The van der Waals surface area contributed by atoms with Crippen molar-refractivity contribution in [2.75, 3.05) is 13.2 Å². The van der Waals surface area contributed by atoms with E-state index in [9.17, 15) is 13.2 Å². The maximum Gasteiger partial charge on any atom is 0.416 e. The van der Waals surface area contributed by atoms with Crippen LogP contribution in [0.5, 0.6) is 0 Å². The third kappa shape index (κ3) is 3.94. The van der Waals surface area contributed by atoms with Crippen molar-refractivity contribution in [2.45, 2.75) is 37.4 Å². The molecule has 19 heavy (non-hydrogen) atoms. The molecular formula is C14H18F3NO. The Morgan fingerprint density at radius 2 is 1.79 bits per heavy atom. The lowest BCUT2D eigenvalue weighted by molar-refractivity contribution is -0.137. The molecule has 2 rings (SSSR count). The van der Waals surface area contributed by atoms with Crippen molar-refractivity contribution in [2.24, 2.45) is 5.73 Å². The zero-order valence-corrected chi connectivity index (χ0v) is 10.7. The average Bonchev–Trinajstić information content (AvgIpc) is 2.53. The summed E-state index contributed by atoms with van der Waals surface area (Å²) in [5, 5.41) is 0. The molecule has 0 radical (unpaired) electrons. The molecule has 1 heterocycles. The monoisotopic (exact) mass is 273 g/mol. The summed E-state index contributed by atoms with van der Waals surface area (Å²) in [4.78, 5) is 0. The number of benzene rings is 1. The molecule has 1 aliphatic rings. The minimum atomic E-state index is -4.28. The quantitative estimate of drug-likeness (QED) is 0.898. The lowest BCUT2D eigenvalue weighted by atomic mass is 9.85. The highest BCUT2D eigenvalue weighted by atomic mass is 19.4. The van der Waals surface area contributed by atoms with Crippen LogP contribution in [0.1, 0.15) is 30.4 Å². The highest BCUT2D eigenvalue weighted by Crippen LogP contribution is 2.30. The molecule has 2 N–H and O–H groups in total. The number of halogens is 3. The molecule has 1 aromatic rings. The number of rotatable bonds is 2. The molecule has 0 aromatic heterocycles. The molecule has 1 aromatic carbocycles. The summed E-state index contributed by atoms with van der Waals surface area (Å²) in [6, 6.07) is 5.27. The Morgan fingerprint density at radius 3 is 2.42 bits per heavy atom. The Kier molecular flexibility index (Phi) is 4.16. The van der Waals surface area contributed by atoms with Gasteiger partial charge >= 0.3 is 6.18 Å². The van der Waals surface area contributed by atoms with Crippen molar-refractivity contribution in [3.05, 3.63) is 35.4 Å². The molecule has 106 valence electrons. The minimum Gasteiger partial charge on any atom is -0.381 e. The summed E-state index contributed by atoms with van der Waals surface area (Å²) in [7, 11) is 0. The molecule has 0 spiro atoms. The van der Waals surface area contributed by atoms with Crippen LogP contribution >= 0.6 is 0 Å². The van der Waals surface area contributed by atoms with Gasteiger partial charge in [0.25, 0.3) is 0 Å². The van der Waals surface area contributed by atoms with Crippen molar-refractivity contribution in [3.63, 3.8) is 0 Å². The van der Waals surface area contributed by atoms with Crippen molar-refractivity contribution in [3.8, 4) is 0 Å². The van der Waals surface area contributed by atoms with Crippen LogP contribution in [-0.4, -0.2) is 18.8 Å². The van der Waals surface area contributed by atoms with Crippen LogP contribution in [-0.2, 0) is 17.3 Å². The van der Waals surface area contributed by atoms with Gasteiger partial charge < -0.3 is 10.5 Å². The van der Waals surface area contributed by atoms with Gasteiger partial charge in [-0.3, -0.25) is 0 Å². The standard InChI is InChI=1S/C14H18F3NO/c15-14(16,17)12-4-2-11(3-5-12)10-13(18)6-1-8-19-9-7-13/h2-5H,1,6-10,18H2.